The van der Waals surface area contributed by atoms with Gasteiger partial charge in [-0.2, -0.15) is 0 Å². The standard InChI is InChI=1S/C20H22F2N4O2/c21-14-5-6-15(17(22)13-14)20(28)25-18-4-2-1-3-16(18)19(27)24-9-12-26-10-7-23-8-11-26/h1-6,13,23H,7-12H2,(H,24,27)(H,25,28). The summed E-state index contributed by atoms with van der Waals surface area (Å²) in [5.74, 6) is -2.81. The quantitative estimate of drug-likeness (QED) is 0.706. The molecule has 8 heteroatoms. The molecule has 1 fully saturated rings. The fourth-order valence-corrected chi connectivity index (χ4v) is 3.01. The number of nitrogens with zero attached hydrogens (tertiary/aromatic N) is 1. The van der Waals surface area contributed by atoms with Crippen LogP contribution in [0, 0.1) is 11.6 Å². The van der Waals surface area contributed by atoms with E-state index in [-0.39, 0.29) is 22.7 Å². The number of anilines is 1. The van der Waals surface area contributed by atoms with E-state index in [1.807, 2.05) is 0 Å². The first-order chi connectivity index (χ1) is 13.5. The van der Waals surface area contributed by atoms with Crippen LogP contribution in [0.3, 0.4) is 0 Å². The lowest BCUT2D eigenvalue weighted by molar-refractivity contribution is 0.0948. The first-order valence-corrected chi connectivity index (χ1v) is 9.11. The summed E-state index contributed by atoms with van der Waals surface area (Å²) in [6.45, 7) is 4.96. The number of amides is 2. The number of hydrogen-bond donors (Lipinski definition) is 3. The van der Waals surface area contributed by atoms with Gasteiger partial charge in [-0.15, -0.1) is 0 Å². The number of nitrogens with one attached hydrogen (secondary N) is 3. The van der Waals surface area contributed by atoms with Gasteiger partial charge >= 0.3 is 0 Å². The maximum absolute atomic E-state index is 13.8. The second-order valence-corrected chi connectivity index (χ2v) is 6.47. The van der Waals surface area contributed by atoms with Gasteiger partial charge in [-0.1, -0.05) is 12.1 Å². The van der Waals surface area contributed by atoms with Crippen molar-refractivity contribution in [3.63, 3.8) is 0 Å². The Labute approximate surface area is 161 Å². The molecule has 0 bridgehead atoms. The molecular formula is C20H22F2N4O2. The van der Waals surface area contributed by atoms with E-state index in [0.29, 0.717) is 12.6 Å². The van der Waals surface area contributed by atoms with Gasteiger partial charge in [0.2, 0.25) is 0 Å². The lowest BCUT2D eigenvalue weighted by Gasteiger charge is -2.27. The number of carbonyl (C=O) groups excluding carboxylic acids is 2. The molecule has 0 aromatic heterocycles. The molecule has 2 amide bonds. The molecule has 0 unspecified atom stereocenters. The molecule has 1 aliphatic heterocycles. The number of halogens is 2. The number of benzene rings is 2. The molecule has 1 saturated heterocycles. The van der Waals surface area contributed by atoms with Crippen LogP contribution in [0.25, 0.3) is 0 Å². The van der Waals surface area contributed by atoms with E-state index >= 15 is 0 Å². The molecule has 0 spiro atoms. The van der Waals surface area contributed by atoms with Gasteiger partial charge in [0.25, 0.3) is 11.8 Å². The van der Waals surface area contributed by atoms with E-state index in [4.69, 9.17) is 0 Å². The van der Waals surface area contributed by atoms with Crippen LogP contribution < -0.4 is 16.0 Å². The average molecular weight is 388 g/mol. The molecule has 0 atom stereocenters. The Kier molecular flexibility index (Phi) is 6.67. The lowest BCUT2D eigenvalue weighted by atomic mass is 10.1. The van der Waals surface area contributed by atoms with Crippen molar-refractivity contribution >= 4 is 17.5 Å². The highest BCUT2D eigenvalue weighted by atomic mass is 19.1. The molecular weight excluding hydrogens is 366 g/mol. The van der Waals surface area contributed by atoms with Crippen LogP contribution in [0.5, 0.6) is 0 Å². The summed E-state index contributed by atoms with van der Waals surface area (Å²) in [6, 6.07) is 9.20. The third-order valence-corrected chi connectivity index (χ3v) is 4.52. The zero-order valence-corrected chi connectivity index (χ0v) is 15.3. The van der Waals surface area contributed by atoms with Crippen molar-refractivity contribution < 1.29 is 18.4 Å². The highest BCUT2D eigenvalue weighted by molar-refractivity contribution is 6.09. The zero-order chi connectivity index (χ0) is 19.9. The Hall–Kier alpha value is -2.84. The van der Waals surface area contributed by atoms with Crippen LogP contribution in [0.2, 0.25) is 0 Å². The van der Waals surface area contributed by atoms with Crippen molar-refractivity contribution in [1.29, 1.82) is 0 Å². The molecule has 148 valence electrons. The van der Waals surface area contributed by atoms with Gasteiger partial charge in [-0.25, -0.2) is 8.78 Å². The summed E-state index contributed by atoms with van der Waals surface area (Å²) in [7, 11) is 0. The van der Waals surface area contributed by atoms with E-state index in [2.05, 4.69) is 20.9 Å². The Morgan fingerprint density at radius 2 is 1.75 bits per heavy atom. The second-order valence-electron chi connectivity index (χ2n) is 6.47. The second kappa shape index (κ2) is 9.38. The Morgan fingerprint density at radius 3 is 2.50 bits per heavy atom. The van der Waals surface area contributed by atoms with E-state index < -0.39 is 17.5 Å². The highest BCUT2D eigenvalue weighted by Crippen LogP contribution is 2.18. The van der Waals surface area contributed by atoms with Crippen molar-refractivity contribution in [1.82, 2.24) is 15.5 Å². The number of carbonyl (C=O) groups is 2. The third-order valence-electron chi connectivity index (χ3n) is 4.52. The van der Waals surface area contributed by atoms with Gasteiger partial charge < -0.3 is 16.0 Å². The fraction of sp³-hybridized carbons (Fsp3) is 0.300. The fourth-order valence-electron chi connectivity index (χ4n) is 3.01. The molecule has 3 rings (SSSR count). The first kappa shape index (κ1) is 19.9. The van der Waals surface area contributed by atoms with Crippen LogP contribution in [0.4, 0.5) is 14.5 Å². The Bertz CT molecular complexity index is 854. The van der Waals surface area contributed by atoms with E-state index in [9.17, 15) is 18.4 Å². The molecule has 0 aliphatic carbocycles. The maximum Gasteiger partial charge on any atom is 0.258 e. The summed E-state index contributed by atoms with van der Waals surface area (Å²) in [4.78, 5) is 27.1. The summed E-state index contributed by atoms with van der Waals surface area (Å²) in [6.07, 6.45) is 0. The highest BCUT2D eigenvalue weighted by Gasteiger charge is 2.17. The predicted octanol–water partition coefficient (Wildman–Crippen LogP) is 1.85. The molecule has 6 nitrogen and oxygen atoms in total. The molecule has 3 N–H and O–H groups in total. The van der Waals surface area contributed by atoms with Gasteiger partial charge in [-0.3, -0.25) is 14.5 Å². The van der Waals surface area contributed by atoms with Crippen LogP contribution in [-0.4, -0.2) is 56.0 Å². The van der Waals surface area contributed by atoms with Crippen molar-refractivity contribution in [2.24, 2.45) is 0 Å². The third kappa shape index (κ3) is 5.11. The maximum atomic E-state index is 13.8. The summed E-state index contributed by atoms with van der Waals surface area (Å²) >= 11 is 0. The SMILES string of the molecule is O=C(Nc1ccccc1C(=O)NCCN1CCNCC1)c1ccc(F)cc1F. The zero-order valence-electron chi connectivity index (χ0n) is 15.3. The minimum absolute atomic E-state index is 0.260. The first-order valence-electron chi connectivity index (χ1n) is 9.11. The van der Waals surface area contributed by atoms with Crippen molar-refractivity contribution in [2.75, 3.05) is 44.6 Å². The Balaban J connectivity index is 1.63. The summed E-state index contributed by atoms with van der Waals surface area (Å²) < 4.78 is 26.8. The normalized spacial score (nSPS) is 14.5. The van der Waals surface area contributed by atoms with Crippen LogP contribution >= 0.6 is 0 Å². The number of hydrogen-bond acceptors (Lipinski definition) is 4. The minimum Gasteiger partial charge on any atom is -0.351 e. The molecule has 2 aromatic carbocycles. The van der Waals surface area contributed by atoms with E-state index in [0.717, 1.165) is 44.9 Å². The minimum atomic E-state index is -0.963. The van der Waals surface area contributed by atoms with Crippen molar-refractivity contribution in [3.8, 4) is 0 Å². The van der Waals surface area contributed by atoms with E-state index in [1.54, 1.807) is 24.3 Å². The van der Waals surface area contributed by atoms with Crippen LogP contribution in [0.1, 0.15) is 20.7 Å². The molecule has 0 radical (unpaired) electrons. The lowest BCUT2D eigenvalue weighted by Crippen LogP contribution is -2.46. The molecule has 2 aromatic rings. The Morgan fingerprint density at radius 1 is 1.00 bits per heavy atom. The average Bonchev–Trinajstić information content (AvgIpc) is 2.69. The summed E-state index contributed by atoms with van der Waals surface area (Å²) in [5, 5.41) is 8.64. The molecule has 28 heavy (non-hydrogen) atoms. The molecule has 1 heterocycles. The number of rotatable bonds is 6. The molecule has 1 aliphatic rings. The van der Waals surface area contributed by atoms with Gasteiger partial charge in [0.1, 0.15) is 11.6 Å². The number of piperazine rings is 1. The number of para-hydroxylation sites is 1. The monoisotopic (exact) mass is 388 g/mol. The van der Waals surface area contributed by atoms with Crippen molar-refractivity contribution in [3.05, 3.63) is 65.2 Å². The van der Waals surface area contributed by atoms with Gasteiger partial charge in [-0.05, 0) is 24.3 Å². The van der Waals surface area contributed by atoms with Crippen molar-refractivity contribution in [2.45, 2.75) is 0 Å². The van der Waals surface area contributed by atoms with E-state index in [1.165, 1.54) is 0 Å². The van der Waals surface area contributed by atoms with Crippen LogP contribution in [0.15, 0.2) is 42.5 Å². The van der Waals surface area contributed by atoms with Gasteiger partial charge in [0.05, 0.1) is 16.8 Å². The smallest absolute Gasteiger partial charge is 0.258 e. The van der Waals surface area contributed by atoms with Crippen LogP contribution in [-0.2, 0) is 0 Å². The largest absolute Gasteiger partial charge is 0.351 e. The molecule has 0 saturated carbocycles. The predicted molar refractivity (Wildman–Crippen MR) is 102 cm³/mol. The van der Waals surface area contributed by atoms with Gasteiger partial charge in [0, 0.05) is 45.3 Å². The summed E-state index contributed by atoms with van der Waals surface area (Å²) in [5.41, 5.74) is 0.241. The van der Waals surface area contributed by atoms with Gasteiger partial charge in [0.15, 0.2) is 0 Å². The topological polar surface area (TPSA) is 73.5 Å².